The number of hydrogen-bond donors (Lipinski definition) is 0. The van der Waals surface area contributed by atoms with Crippen LogP contribution in [0, 0.1) is 0 Å². The maximum absolute atomic E-state index is 9.54. The van der Waals surface area contributed by atoms with Crippen LogP contribution >= 0.6 is 0 Å². The average molecular weight is 156 g/mol. The topological polar surface area (TPSA) is 49.4 Å². The quantitative estimate of drug-likeness (QED) is 0.251. The molecule has 0 N–H and O–H groups in total. The molecule has 4 heteroatoms. The van der Waals surface area contributed by atoms with Gasteiger partial charge in [0.05, 0.1) is 0 Å². The third kappa shape index (κ3) is 12.2. The fraction of sp³-hybridized carbons (Fsp3) is 0.800. The van der Waals surface area contributed by atoms with E-state index in [0.717, 1.165) is 12.8 Å². The summed E-state index contributed by atoms with van der Waals surface area (Å²) in [7, 11) is 0. The Labute approximate surface area is 97.2 Å². The van der Waals surface area contributed by atoms with Gasteiger partial charge in [-0.3, -0.25) is 0 Å². The zero-order chi connectivity index (χ0) is 6.41. The van der Waals surface area contributed by atoms with Crippen molar-refractivity contribution in [3.63, 3.8) is 0 Å². The first kappa shape index (κ1) is 12.6. The zero-order valence-corrected chi connectivity index (χ0v) is 8.97. The van der Waals surface area contributed by atoms with Gasteiger partial charge >= 0.3 is 51.4 Å². The van der Waals surface area contributed by atoms with Crippen LogP contribution in [0.15, 0.2) is 0 Å². The van der Waals surface area contributed by atoms with Gasteiger partial charge in [0.1, 0.15) is 0 Å². The molecule has 0 rings (SSSR count). The van der Waals surface area contributed by atoms with E-state index in [1.54, 1.807) is 0 Å². The minimum Gasteiger partial charge on any atom is -0.550 e. The third-order valence-electron chi connectivity index (χ3n) is 0.718. The maximum Gasteiger partial charge on any atom is 1.00 e. The van der Waals surface area contributed by atoms with Crippen LogP contribution in [0.3, 0.4) is 0 Å². The van der Waals surface area contributed by atoms with E-state index in [0.29, 0.717) is 0 Å². The second-order valence-electron chi connectivity index (χ2n) is 1.45. The molecule has 0 aliphatic heterocycles. The molecule has 0 radical (unpaired) electrons. The molecule has 0 aliphatic carbocycles. The number of rotatable bonds is 3. The van der Waals surface area contributed by atoms with E-state index in [2.05, 4.69) is 4.74 Å². The molecule has 9 heavy (non-hydrogen) atoms. The molecule has 48 valence electrons. The van der Waals surface area contributed by atoms with E-state index >= 15 is 0 Å². The van der Waals surface area contributed by atoms with Gasteiger partial charge < -0.3 is 14.6 Å². The van der Waals surface area contributed by atoms with Crippen LogP contribution in [-0.4, -0.2) is 12.8 Å². The number of ether oxygens (including phenoxy) is 1. The van der Waals surface area contributed by atoms with E-state index in [1.807, 2.05) is 6.92 Å². The first-order valence-corrected chi connectivity index (χ1v) is 2.61. The number of unbranched alkanes of at least 4 members (excludes halogenated alkanes) is 1. The predicted octanol–water partition coefficient (Wildman–Crippen LogP) is -2.85. The molecule has 3 nitrogen and oxygen atoms in total. The Balaban J connectivity index is 0. The van der Waals surface area contributed by atoms with Crippen LogP contribution < -0.4 is 56.5 Å². The monoisotopic (exact) mass is 156 g/mol. The first-order chi connectivity index (χ1) is 3.77. The summed E-state index contributed by atoms with van der Waals surface area (Å²) >= 11 is 0. The van der Waals surface area contributed by atoms with Crippen molar-refractivity contribution in [1.82, 2.24) is 0 Å². The van der Waals surface area contributed by atoms with Crippen molar-refractivity contribution in [2.75, 3.05) is 6.61 Å². The second kappa shape index (κ2) is 8.91. The third-order valence-corrected chi connectivity index (χ3v) is 0.718. The Hall–Kier alpha value is 0.906. The molecule has 0 aromatic heterocycles. The summed E-state index contributed by atoms with van der Waals surface area (Å²) in [5, 5.41) is 9.54. The second-order valence-corrected chi connectivity index (χ2v) is 1.45. The van der Waals surface area contributed by atoms with Crippen LogP contribution in [0.5, 0.6) is 0 Å². The SMILES string of the molecule is CCCCOC(=O)[O-].[K+]. The molecule has 0 bridgehead atoms. The Morgan fingerprint density at radius 3 is 2.56 bits per heavy atom. The molecular weight excluding hydrogens is 147 g/mol. The van der Waals surface area contributed by atoms with Gasteiger partial charge in [-0.2, -0.15) is 0 Å². The number of hydrogen-bond acceptors (Lipinski definition) is 3. The van der Waals surface area contributed by atoms with Crippen LogP contribution in [0.4, 0.5) is 4.79 Å². The molecule has 0 aromatic carbocycles. The Morgan fingerprint density at radius 1 is 1.67 bits per heavy atom. The van der Waals surface area contributed by atoms with E-state index < -0.39 is 6.16 Å². The standard InChI is InChI=1S/C5H10O3.K/c1-2-3-4-8-5(6)7;/h2-4H2,1H3,(H,6,7);/q;+1/p-1. The minimum atomic E-state index is -1.43. The van der Waals surface area contributed by atoms with Crippen molar-refractivity contribution in [3.8, 4) is 0 Å². The molecule has 0 saturated heterocycles. The summed E-state index contributed by atoms with van der Waals surface area (Å²) in [6.07, 6.45) is 0.278. The Bertz CT molecular complexity index is 74.6. The van der Waals surface area contributed by atoms with Gasteiger partial charge in [0.25, 0.3) is 6.16 Å². The molecule has 0 amide bonds. The van der Waals surface area contributed by atoms with Crippen molar-refractivity contribution in [3.05, 3.63) is 0 Å². The minimum absolute atomic E-state index is 0. The van der Waals surface area contributed by atoms with E-state index in [4.69, 9.17) is 0 Å². The molecular formula is C5H9KO3. The molecule has 0 aromatic rings. The molecule has 0 atom stereocenters. The molecule has 0 unspecified atom stereocenters. The van der Waals surface area contributed by atoms with Crippen LogP contribution in [0.1, 0.15) is 19.8 Å². The normalized spacial score (nSPS) is 7.67. The van der Waals surface area contributed by atoms with Gasteiger partial charge in [0, 0.05) is 6.61 Å². The molecule has 0 aliphatic rings. The van der Waals surface area contributed by atoms with Gasteiger partial charge in [-0.15, -0.1) is 0 Å². The molecule has 0 saturated carbocycles. The summed E-state index contributed by atoms with van der Waals surface area (Å²) in [6, 6.07) is 0. The van der Waals surface area contributed by atoms with Gasteiger partial charge in [-0.05, 0) is 6.42 Å². The van der Waals surface area contributed by atoms with Gasteiger partial charge in [-0.25, -0.2) is 0 Å². The zero-order valence-electron chi connectivity index (χ0n) is 5.85. The summed E-state index contributed by atoms with van der Waals surface area (Å²) in [5.41, 5.74) is 0. The largest absolute Gasteiger partial charge is 1.00 e. The van der Waals surface area contributed by atoms with Crippen LogP contribution in [0.25, 0.3) is 0 Å². The number of carbonyl (C=O) groups is 1. The van der Waals surface area contributed by atoms with Gasteiger partial charge in [0.15, 0.2) is 0 Å². The van der Waals surface area contributed by atoms with Crippen molar-refractivity contribution in [2.24, 2.45) is 0 Å². The van der Waals surface area contributed by atoms with Crippen molar-refractivity contribution in [1.29, 1.82) is 0 Å². The molecule has 0 spiro atoms. The van der Waals surface area contributed by atoms with Crippen LogP contribution in [0.2, 0.25) is 0 Å². The number of carboxylic acid groups (broad SMARTS) is 1. The average Bonchev–Trinajstić information content (AvgIpc) is 1.66. The van der Waals surface area contributed by atoms with E-state index in [1.165, 1.54) is 0 Å². The number of carbonyl (C=O) groups excluding carboxylic acids is 1. The van der Waals surface area contributed by atoms with Crippen molar-refractivity contribution < 1.29 is 66.0 Å². The maximum atomic E-state index is 9.54. The Morgan fingerprint density at radius 2 is 2.22 bits per heavy atom. The summed E-state index contributed by atoms with van der Waals surface area (Å²) in [4.78, 5) is 9.54. The molecule has 0 heterocycles. The summed E-state index contributed by atoms with van der Waals surface area (Å²) < 4.78 is 4.09. The van der Waals surface area contributed by atoms with Crippen LogP contribution in [-0.2, 0) is 4.74 Å². The molecule has 0 fully saturated rings. The summed E-state index contributed by atoms with van der Waals surface area (Å²) in [6.45, 7) is 2.22. The summed E-state index contributed by atoms with van der Waals surface area (Å²) in [5.74, 6) is 0. The fourth-order valence-corrected chi connectivity index (χ4v) is 0.300. The first-order valence-electron chi connectivity index (χ1n) is 2.61. The van der Waals surface area contributed by atoms with Crippen molar-refractivity contribution >= 4 is 6.16 Å². The van der Waals surface area contributed by atoms with Gasteiger partial charge in [0.2, 0.25) is 0 Å². The van der Waals surface area contributed by atoms with Crippen molar-refractivity contribution in [2.45, 2.75) is 19.8 Å². The fourth-order valence-electron chi connectivity index (χ4n) is 0.300. The predicted molar refractivity (Wildman–Crippen MR) is 26.3 cm³/mol. The van der Waals surface area contributed by atoms with E-state index in [9.17, 15) is 9.90 Å². The Kier molecular flexibility index (Phi) is 12.4. The smallest absolute Gasteiger partial charge is 0.550 e. The van der Waals surface area contributed by atoms with E-state index in [-0.39, 0.29) is 58.0 Å². The van der Waals surface area contributed by atoms with Gasteiger partial charge in [-0.1, -0.05) is 13.3 Å².